The molecule has 0 bridgehead atoms. The predicted molar refractivity (Wildman–Crippen MR) is 75.7 cm³/mol. The molecule has 1 fully saturated rings. The molecule has 2 nitrogen and oxygen atoms in total. The molecule has 0 amide bonds. The lowest BCUT2D eigenvalue weighted by atomic mass is 9.71. The van der Waals surface area contributed by atoms with E-state index in [9.17, 15) is 0 Å². The number of nitrogens with one attached hydrogen (secondary N) is 1. The summed E-state index contributed by atoms with van der Waals surface area (Å²) < 4.78 is 5.29. The van der Waals surface area contributed by atoms with Crippen LogP contribution in [-0.4, -0.2) is 12.6 Å². The quantitative estimate of drug-likeness (QED) is 0.846. The summed E-state index contributed by atoms with van der Waals surface area (Å²) in [7, 11) is 0. The topological polar surface area (TPSA) is 25.2 Å². The minimum absolute atomic E-state index is 0.582. The van der Waals surface area contributed by atoms with Crippen molar-refractivity contribution in [3.05, 3.63) is 24.2 Å². The molecule has 1 aromatic heterocycles. The molecular weight excluding hydrogens is 222 g/mol. The van der Waals surface area contributed by atoms with Crippen LogP contribution in [-0.2, 0) is 0 Å². The van der Waals surface area contributed by atoms with Gasteiger partial charge in [-0.3, -0.25) is 0 Å². The summed E-state index contributed by atoms with van der Waals surface area (Å²) in [6, 6.07) is 2.74. The molecule has 0 saturated heterocycles. The molecule has 18 heavy (non-hydrogen) atoms. The molecule has 3 unspecified atom stereocenters. The Balaban J connectivity index is 2.02. The Morgan fingerprint density at radius 2 is 2.22 bits per heavy atom. The van der Waals surface area contributed by atoms with Crippen LogP contribution >= 0.6 is 0 Å². The fraction of sp³-hybridized carbons (Fsp3) is 0.750. The van der Waals surface area contributed by atoms with Crippen molar-refractivity contribution in [1.29, 1.82) is 0 Å². The minimum Gasteiger partial charge on any atom is -0.472 e. The van der Waals surface area contributed by atoms with Gasteiger partial charge in [-0.15, -0.1) is 0 Å². The SMILES string of the molecule is CCC1CCC(CNC(C)C)C(c2ccoc2)C1. The lowest BCUT2D eigenvalue weighted by Gasteiger charge is -2.36. The van der Waals surface area contributed by atoms with E-state index in [4.69, 9.17) is 4.42 Å². The molecule has 0 radical (unpaired) electrons. The van der Waals surface area contributed by atoms with E-state index >= 15 is 0 Å². The van der Waals surface area contributed by atoms with Crippen LogP contribution in [0.4, 0.5) is 0 Å². The molecular formula is C16H27NO. The zero-order chi connectivity index (χ0) is 13.0. The van der Waals surface area contributed by atoms with E-state index in [0.717, 1.165) is 18.4 Å². The average molecular weight is 249 g/mol. The van der Waals surface area contributed by atoms with Crippen LogP contribution < -0.4 is 5.32 Å². The molecule has 1 heterocycles. The largest absolute Gasteiger partial charge is 0.472 e. The lowest BCUT2D eigenvalue weighted by Crippen LogP contribution is -2.34. The molecule has 0 spiro atoms. The van der Waals surface area contributed by atoms with Gasteiger partial charge in [-0.2, -0.15) is 0 Å². The van der Waals surface area contributed by atoms with E-state index in [2.05, 4.69) is 32.2 Å². The first kappa shape index (κ1) is 13.7. The summed E-state index contributed by atoms with van der Waals surface area (Å²) in [4.78, 5) is 0. The summed E-state index contributed by atoms with van der Waals surface area (Å²) in [5.74, 6) is 2.36. The second-order valence-electron chi connectivity index (χ2n) is 6.07. The predicted octanol–water partition coefficient (Wildman–Crippen LogP) is 4.19. The summed E-state index contributed by atoms with van der Waals surface area (Å²) in [6.45, 7) is 7.92. The third kappa shape index (κ3) is 3.38. The second kappa shape index (κ2) is 6.42. The van der Waals surface area contributed by atoms with Crippen molar-refractivity contribution in [3.8, 4) is 0 Å². The van der Waals surface area contributed by atoms with Gasteiger partial charge in [0.25, 0.3) is 0 Å². The van der Waals surface area contributed by atoms with E-state index in [1.807, 2.05) is 12.5 Å². The Morgan fingerprint density at radius 3 is 2.83 bits per heavy atom. The van der Waals surface area contributed by atoms with Gasteiger partial charge in [0.05, 0.1) is 12.5 Å². The van der Waals surface area contributed by atoms with Crippen LogP contribution in [0, 0.1) is 11.8 Å². The van der Waals surface area contributed by atoms with Gasteiger partial charge in [-0.1, -0.05) is 33.6 Å². The van der Waals surface area contributed by atoms with Crippen LogP contribution in [0.2, 0.25) is 0 Å². The van der Waals surface area contributed by atoms with Crippen LogP contribution in [0.25, 0.3) is 0 Å². The van der Waals surface area contributed by atoms with Crippen LogP contribution in [0.5, 0.6) is 0 Å². The number of furan rings is 1. The smallest absolute Gasteiger partial charge is 0.0937 e. The van der Waals surface area contributed by atoms with Crippen LogP contribution in [0.15, 0.2) is 23.0 Å². The maximum absolute atomic E-state index is 5.29. The van der Waals surface area contributed by atoms with Crippen molar-refractivity contribution in [3.63, 3.8) is 0 Å². The molecule has 1 N–H and O–H groups in total. The molecule has 1 saturated carbocycles. The molecule has 0 aromatic carbocycles. The Hall–Kier alpha value is -0.760. The van der Waals surface area contributed by atoms with E-state index in [1.54, 1.807) is 0 Å². The van der Waals surface area contributed by atoms with Crippen molar-refractivity contribution in [2.24, 2.45) is 11.8 Å². The molecule has 2 heteroatoms. The molecule has 1 aromatic rings. The first-order valence-electron chi connectivity index (χ1n) is 7.46. The average Bonchev–Trinajstić information content (AvgIpc) is 2.89. The Labute approximate surface area is 111 Å². The van der Waals surface area contributed by atoms with Crippen LogP contribution in [0.1, 0.15) is 57.9 Å². The van der Waals surface area contributed by atoms with Gasteiger partial charge in [0, 0.05) is 6.04 Å². The normalized spacial score (nSPS) is 28.8. The van der Waals surface area contributed by atoms with Gasteiger partial charge in [-0.05, 0) is 48.8 Å². The number of hydrogen-bond acceptors (Lipinski definition) is 2. The number of rotatable bonds is 5. The second-order valence-corrected chi connectivity index (χ2v) is 6.07. The fourth-order valence-corrected chi connectivity index (χ4v) is 3.22. The molecule has 102 valence electrons. The monoisotopic (exact) mass is 249 g/mol. The Morgan fingerprint density at radius 1 is 1.39 bits per heavy atom. The van der Waals surface area contributed by atoms with E-state index in [1.165, 1.54) is 31.2 Å². The fourth-order valence-electron chi connectivity index (χ4n) is 3.22. The van der Waals surface area contributed by atoms with E-state index in [-0.39, 0.29) is 0 Å². The molecule has 0 aliphatic heterocycles. The van der Waals surface area contributed by atoms with Crippen molar-refractivity contribution in [2.75, 3.05) is 6.54 Å². The van der Waals surface area contributed by atoms with Crippen molar-refractivity contribution in [2.45, 2.75) is 58.4 Å². The van der Waals surface area contributed by atoms with E-state index in [0.29, 0.717) is 12.0 Å². The lowest BCUT2D eigenvalue weighted by molar-refractivity contribution is 0.222. The third-order valence-electron chi connectivity index (χ3n) is 4.44. The summed E-state index contributed by atoms with van der Waals surface area (Å²) in [5.41, 5.74) is 1.41. The molecule has 2 rings (SSSR count). The highest BCUT2D eigenvalue weighted by Gasteiger charge is 2.31. The first-order valence-corrected chi connectivity index (χ1v) is 7.46. The van der Waals surface area contributed by atoms with Gasteiger partial charge < -0.3 is 9.73 Å². The third-order valence-corrected chi connectivity index (χ3v) is 4.44. The standard InChI is InChI=1S/C16H27NO/c1-4-13-5-6-14(10-17-12(2)3)16(9-13)15-7-8-18-11-15/h7-8,11-14,16-17H,4-6,9-10H2,1-3H3. The highest BCUT2D eigenvalue weighted by Crippen LogP contribution is 2.41. The Kier molecular flexibility index (Phi) is 4.87. The maximum Gasteiger partial charge on any atom is 0.0937 e. The summed E-state index contributed by atoms with van der Waals surface area (Å²) in [5, 5.41) is 3.61. The van der Waals surface area contributed by atoms with Gasteiger partial charge in [0.15, 0.2) is 0 Å². The molecule has 1 aliphatic carbocycles. The molecule has 3 atom stereocenters. The van der Waals surface area contributed by atoms with E-state index < -0.39 is 0 Å². The van der Waals surface area contributed by atoms with Gasteiger partial charge in [0.2, 0.25) is 0 Å². The van der Waals surface area contributed by atoms with Gasteiger partial charge >= 0.3 is 0 Å². The highest BCUT2D eigenvalue weighted by atomic mass is 16.3. The van der Waals surface area contributed by atoms with Crippen molar-refractivity contribution in [1.82, 2.24) is 5.32 Å². The first-order chi connectivity index (χ1) is 8.70. The summed E-state index contributed by atoms with van der Waals surface area (Å²) >= 11 is 0. The molecule has 1 aliphatic rings. The highest BCUT2D eigenvalue weighted by molar-refractivity contribution is 5.15. The zero-order valence-corrected chi connectivity index (χ0v) is 12.0. The minimum atomic E-state index is 0.582. The number of hydrogen-bond donors (Lipinski definition) is 1. The van der Waals surface area contributed by atoms with Crippen molar-refractivity contribution >= 4 is 0 Å². The zero-order valence-electron chi connectivity index (χ0n) is 12.0. The van der Waals surface area contributed by atoms with Gasteiger partial charge in [-0.25, -0.2) is 0 Å². The van der Waals surface area contributed by atoms with Crippen molar-refractivity contribution < 1.29 is 4.42 Å². The summed E-state index contributed by atoms with van der Waals surface area (Å²) in [6.07, 6.45) is 9.17. The maximum atomic E-state index is 5.29. The van der Waals surface area contributed by atoms with Crippen LogP contribution in [0.3, 0.4) is 0 Å². The van der Waals surface area contributed by atoms with Gasteiger partial charge in [0.1, 0.15) is 0 Å². The Bertz CT molecular complexity index is 331.